The molecule has 1 aliphatic heterocycles. The molecule has 1 saturated heterocycles. The number of Topliss-reactive ketones (excluding diaryl/α,β-unsaturated/α-hetero) is 1. The van der Waals surface area contributed by atoms with Gasteiger partial charge in [0.1, 0.15) is 0 Å². The van der Waals surface area contributed by atoms with Crippen molar-refractivity contribution in [1.29, 1.82) is 0 Å². The monoisotopic (exact) mass is 425 g/mol. The predicted molar refractivity (Wildman–Crippen MR) is 119 cm³/mol. The number of ketones is 1. The summed E-state index contributed by atoms with van der Waals surface area (Å²) in [5.74, 6) is -2.02. The Morgan fingerprint density at radius 2 is 1.43 bits per heavy atom. The van der Waals surface area contributed by atoms with Gasteiger partial charge in [-0.15, -0.1) is 0 Å². The van der Waals surface area contributed by atoms with E-state index in [1.165, 1.54) is 24.2 Å². The first-order valence-corrected chi connectivity index (χ1v) is 11.9. The van der Waals surface area contributed by atoms with E-state index in [9.17, 15) is 19.5 Å². The number of amides is 1. The molecule has 30 heavy (non-hydrogen) atoms. The maximum atomic E-state index is 13.0. The number of rotatable bonds is 16. The number of carboxylic acid groups (broad SMARTS) is 1. The van der Waals surface area contributed by atoms with Crippen LogP contribution in [0.1, 0.15) is 104 Å². The van der Waals surface area contributed by atoms with Crippen molar-refractivity contribution in [2.24, 2.45) is 11.5 Å². The minimum absolute atomic E-state index is 0.0106. The number of nitrogens with zero attached hydrogens (tertiary/aromatic N) is 1. The summed E-state index contributed by atoms with van der Waals surface area (Å²) < 4.78 is 0. The van der Waals surface area contributed by atoms with Gasteiger partial charge in [0.15, 0.2) is 11.3 Å². The van der Waals surface area contributed by atoms with E-state index in [4.69, 9.17) is 11.5 Å². The SMILES string of the molecule is CCCCCCC[C@H](N)CC(=O)N1CCC[C@]1(C(=O)O)C(=O)C[C@@H](N)CCCCC. The van der Waals surface area contributed by atoms with Crippen LogP contribution >= 0.6 is 0 Å². The number of unbranched alkanes of at least 4 members (excludes halogenated alkanes) is 6. The van der Waals surface area contributed by atoms with E-state index in [1.807, 2.05) is 0 Å². The Balaban J connectivity index is 2.71. The van der Waals surface area contributed by atoms with Crippen LogP contribution in [0.5, 0.6) is 0 Å². The van der Waals surface area contributed by atoms with Gasteiger partial charge in [-0.25, -0.2) is 4.79 Å². The molecular formula is C23H43N3O4. The van der Waals surface area contributed by atoms with Gasteiger partial charge in [0, 0.05) is 31.5 Å². The van der Waals surface area contributed by atoms with Gasteiger partial charge in [-0.1, -0.05) is 65.2 Å². The van der Waals surface area contributed by atoms with Crippen LogP contribution in [-0.4, -0.2) is 51.8 Å². The number of aliphatic carboxylic acids is 1. The first kappa shape index (κ1) is 26.6. The molecule has 0 aromatic carbocycles. The topological polar surface area (TPSA) is 127 Å². The van der Waals surface area contributed by atoms with Crippen molar-refractivity contribution in [3.05, 3.63) is 0 Å². The highest BCUT2D eigenvalue weighted by molar-refractivity contribution is 6.10. The van der Waals surface area contributed by atoms with Gasteiger partial charge in [0.25, 0.3) is 0 Å². The van der Waals surface area contributed by atoms with Crippen molar-refractivity contribution in [2.45, 2.75) is 121 Å². The van der Waals surface area contributed by atoms with Crippen LogP contribution in [-0.2, 0) is 14.4 Å². The molecule has 1 heterocycles. The fourth-order valence-corrected chi connectivity index (χ4v) is 4.40. The first-order chi connectivity index (χ1) is 14.3. The van der Waals surface area contributed by atoms with Gasteiger partial charge in [-0.05, 0) is 25.7 Å². The quantitative estimate of drug-likeness (QED) is 0.257. The van der Waals surface area contributed by atoms with Crippen molar-refractivity contribution in [3.63, 3.8) is 0 Å². The van der Waals surface area contributed by atoms with Gasteiger partial charge < -0.3 is 21.5 Å². The summed E-state index contributed by atoms with van der Waals surface area (Å²) in [4.78, 5) is 39.4. The molecule has 1 fully saturated rings. The highest BCUT2D eigenvalue weighted by Gasteiger charge is 2.55. The van der Waals surface area contributed by atoms with Gasteiger partial charge >= 0.3 is 5.97 Å². The average molecular weight is 426 g/mol. The lowest BCUT2D eigenvalue weighted by Crippen LogP contribution is -2.59. The summed E-state index contributed by atoms with van der Waals surface area (Å²) in [6.45, 7) is 4.54. The van der Waals surface area contributed by atoms with Gasteiger partial charge in [-0.3, -0.25) is 9.59 Å². The van der Waals surface area contributed by atoms with Gasteiger partial charge in [0.2, 0.25) is 5.91 Å². The molecule has 0 bridgehead atoms. The Morgan fingerprint density at radius 3 is 2.03 bits per heavy atom. The summed E-state index contributed by atoms with van der Waals surface area (Å²) in [5, 5.41) is 9.95. The maximum absolute atomic E-state index is 13.0. The fourth-order valence-electron chi connectivity index (χ4n) is 4.40. The van der Waals surface area contributed by atoms with Crippen LogP contribution < -0.4 is 11.5 Å². The van der Waals surface area contributed by atoms with E-state index in [2.05, 4.69) is 13.8 Å². The average Bonchev–Trinajstić information content (AvgIpc) is 3.14. The molecule has 0 spiro atoms. The molecule has 0 aromatic rings. The van der Waals surface area contributed by atoms with Crippen molar-refractivity contribution in [2.75, 3.05) is 6.54 Å². The molecule has 0 saturated carbocycles. The largest absolute Gasteiger partial charge is 0.479 e. The van der Waals surface area contributed by atoms with E-state index >= 15 is 0 Å². The maximum Gasteiger partial charge on any atom is 0.337 e. The lowest BCUT2D eigenvalue weighted by atomic mass is 9.86. The molecular weight excluding hydrogens is 382 g/mol. The van der Waals surface area contributed by atoms with Crippen LogP contribution in [0.4, 0.5) is 0 Å². The standard InChI is InChI=1S/C23H43N3O4/c1-3-5-7-8-10-13-19(25)17-21(28)26-15-11-14-23(26,22(29)30)20(27)16-18(24)12-9-6-4-2/h18-19H,3-17,24-25H2,1-2H3,(H,29,30)/t18-,19-,23+/m0/s1. The Morgan fingerprint density at radius 1 is 0.900 bits per heavy atom. The zero-order chi connectivity index (χ0) is 22.6. The highest BCUT2D eigenvalue weighted by Crippen LogP contribution is 2.33. The Labute approximate surface area is 181 Å². The Kier molecular flexibility index (Phi) is 12.2. The minimum Gasteiger partial charge on any atom is -0.479 e. The van der Waals surface area contributed by atoms with Crippen molar-refractivity contribution in [3.8, 4) is 0 Å². The third-order valence-electron chi connectivity index (χ3n) is 6.24. The van der Waals surface area contributed by atoms with Crippen LogP contribution in [0.2, 0.25) is 0 Å². The lowest BCUT2D eigenvalue weighted by Gasteiger charge is -2.34. The summed E-state index contributed by atoms with van der Waals surface area (Å²) in [6, 6.07) is -0.680. The first-order valence-electron chi connectivity index (χ1n) is 11.9. The van der Waals surface area contributed by atoms with E-state index in [0.29, 0.717) is 12.8 Å². The number of hydrogen-bond acceptors (Lipinski definition) is 5. The molecule has 7 nitrogen and oxygen atoms in total. The normalized spacial score (nSPS) is 20.9. The second kappa shape index (κ2) is 13.8. The molecule has 5 N–H and O–H groups in total. The number of carbonyl (C=O) groups excluding carboxylic acids is 2. The summed E-state index contributed by atoms with van der Waals surface area (Å²) in [7, 11) is 0. The Hall–Kier alpha value is -1.47. The third-order valence-corrected chi connectivity index (χ3v) is 6.24. The van der Waals surface area contributed by atoms with E-state index in [1.54, 1.807) is 0 Å². The predicted octanol–water partition coefficient (Wildman–Crippen LogP) is 3.38. The van der Waals surface area contributed by atoms with Crippen molar-refractivity contribution < 1.29 is 19.5 Å². The summed E-state index contributed by atoms with van der Waals surface area (Å²) in [5.41, 5.74) is 10.5. The smallest absolute Gasteiger partial charge is 0.337 e. The zero-order valence-electron chi connectivity index (χ0n) is 19.0. The van der Waals surface area contributed by atoms with E-state index in [-0.39, 0.29) is 43.8 Å². The summed E-state index contributed by atoms with van der Waals surface area (Å²) in [6.07, 6.45) is 10.7. The van der Waals surface area contributed by atoms with Crippen LogP contribution in [0, 0.1) is 0 Å². The molecule has 7 heteroatoms. The lowest BCUT2D eigenvalue weighted by molar-refractivity contribution is -0.162. The second-order valence-corrected chi connectivity index (χ2v) is 8.86. The van der Waals surface area contributed by atoms with Crippen molar-refractivity contribution >= 4 is 17.7 Å². The highest BCUT2D eigenvalue weighted by atomic mass is 16.4. The molecule has 0 unspecified atom stereocenters. The molecule has 3 atom stereocenters. The minimum atomic E-state index is -1.78. The van der Waals surface area contributed by atoms with Gasteiger partial charge in [0.05, 0.1) is 0 Å². The van der Waals surface area contributed by atoms with E-state index in [0.717, 1.165) is 38.5 Å². The molecule has 0 radical (unpaired) electrons. The third kappa shape index (κ3) is 7.65. The Bertz CT molecular complexity index is 555. The number of nitrogens with two attached hydrogens (primary N) is 2. The van der Waals surface area contributed by atoms with Crippen LogP contribution in [0.25, 0.3) is 0 Å². The molecule has 1 rings (SSSR count). The summed E-state index contributed by atoms with van der Waals surface area (Å²) >= 11 is 0. The molecule has 0 aliphatic carbocycles. The zero-order valence-corrected chi connectivity index (χ0v) is 19.0. The van der Waals surface area contributed by atoms with E-state index < -0.39 is 17.3 Å². The second-order valence-electron chi connectivity index (χ2n) is 8.86. The number of hydrogen-bond donors (Lipinski definition) is 3. The molecule has 1 aliphatic rings. The number of likely N-dealkylation sites (tertiary alicyclic amines) is 1. The molecule has 174 valence electrons. The molecule has 1 amide bonds. The fraction of sp³-hybridized carbons (Fsp3) is 0.870. The van der Waals surface area contributed by atoms with Crippen LogP contribution in [0.3, 0.4) is 0 Å². The molecule has 0 aromatic heterocycles. The number of carbonyl (C=O) groups is 3. The number of carboxylic acids is 1. The van der Waals surface area contributed by atoms with Crippen LogP contribution in [0.15, 0.2) is 0 Å². The van der Waals surface area contributed by atoms with Crippen molar-refractivity contribution in [1.82, 2.24) is 4.90 Å². The van der Waals surface area contributed by atoms with Gasteiger partial charge in [-0.2, -0.15) is 0 Å².